The number of nitrogens with zero attached hydrogens (tertiary/aromatic N) is 4. The van der Waals surface area contributed by atoms with E-state index in [9.17, 15) is 4.79 Å². The lowest BCUT2D eigenvalue weighted by Gasteiger charge is -2.24. The van der Waals surface area contributed by atoms with Crippen LogP contribution in [0.5, 0.6) is 11.5 Å². The first-order valence-corrected chi connectivity index (χ1v) is 10.7. The number of primary amides is 1. The third-order valence-electron chi connectivity index (χ3n) is 5.72. The van der Waals surface area contributed by atoms with Gasteiger partial charge < -0.3 is 10.5 Å². The molecule has 0 saturated heterocycles. The standard InChI is InChI=1S/C25H22N6O2/c26-13-4-5-14-30-15-12-20-21(16-30)31-25(28-20)22(24(27)32)23(29-31)17-8-10-19(11-9-17)33-18-6-2-1-3-7-18/h1-11,29H,12,14-16H2,(H2,27,32)/b5-4-. The highest BCUT2D eigenvalue weighted by Crippen LogP contribution is 2.31. The summed E-state index contributed by atoms with van der Waals surface area (Å²) in [5, 5.41) is 12.1. The normalized spacial score (nSPS) is 13.8. The van der Waals surface area contributed by atoms with Gasteiger partial charge in [0.2, 0.25) is 0 Å². The summed E-state index contributed by atoms with van der Waals surface area (Å²) in [4.78, 5) is 19.4. The number of allylic oxidation sites excluding steroid dienone is 1. The minimum Gasteiger partial charge on any atom is -0.457 e. The Morgan fingerprint density at radius 3 is 2.67 bits per heavy atom. The van der Waals surface area contributed by atoms with E-state index in [4.69, 9.17) is 20.7 Å². The number of amides is 1. The molecule has 3 heterocycles. The van der Waals surface area contributed by atoms with Crippen LogP contribution in [0.15, 0.2) is 66.7 Å². The molecule has 0 radical (unpaired) electrons. The minimum atomic E-state index is -0.531. The monoisotopic (exact) mass is 438 g/mol. The summed E-state index contributed by atoms with van der Waals surface area (Å²) < 4.78 is 7.73. The molecule has 33 heavy (non-hydrogen) atoms. The van der Waals surface area contributed by atoms with Crippen molar-refractivity contribution in [3.63, 3.8) is 0 Å². The lowest BCUT2D eigenvalue weighted by molar-refractivity contribution is 0.100. The summed E-state index contributed by atoms with van der Waals surface area (Å²) in [7, 11) is 0. The first kappa shape index (κ1) is 20.5. The number of hydrogen-bond donors (Lipinski definition) is 2. The van der Waals surface area contributed by atoms with Crippen LogP contribution < -0.4 is 10.5 Å². The number of carbonyl (C=O) groups is 1. The molecule has 4 aromatic rings. The highest BCUT2D eigenvalue weighted by Gasteiger charge is 2.27. The lowest BCUT2D eigenvalue weighted by atomic mass is 10.1. The zero-order valence-electron chi connectivity index (χ0n) is 17.9. The molecule has 0 aliphatic carbocycles. The van der Waals surface area contributed by atoms with Gasteiger partial charge in [-0.1, -0.05) is 24.3 Å². The third kappa shape index (κ3) is 3.97. The van der Waals surface area contributed by atoms with E-state index in [1.54, 1.807) is 0 Å². The number of benzene rings is 2. The van der Waals surface area contributed by atoms with Gasteiger partial charge in [-0.05, 0) is 36.4 Å². The van der Waals surface area contributed by atoms with Gasteiger partial charge >= 0.3 is 0 Å². The molecule has 8 heteroatoms. The van der Waals surface area contributed by atoms with Crippen LogP contribution in [-0.2, 0) is 13.0 Å². The summed E-state index contributed by atoms with van der Waals surface area (Å²) >= 11 is 0. The van der Waals surface area contributed by atoms with Crippen molar-refractivity contribution >= 4 is 11.6 Å². The molecule has 1 aliphatic rings. The molecule has 164 valence electrons. The number of hydrogen-bond acceptors (Lipinski definition) is 5. The van der Waals surface area contributed by atoms with Crippen LogP contribution in [-0.4, -0.2) is 38.5 Å². The van der Waals surface area contributed by atoms with Crippen LogP contribution in [0.3, 0.4) is 0 Å². The number of rotatable bonds is 6. The number of nitrogens with two attached hydrogens (primary N) is 1. The fourth-order valence-electron chi connectivity index (χ4n) is 4.15. The topological polar surface area (TPSA) is 112 Å². The predicted molar refractivity (Wildman–Crippen MR) is 124 cm³/mol. The van der Waals surface area contributed by atoms with E-state index < -0.39 is 5.91 Å². The first-order chi connectivity index (χ1) is 16.1. The van der Waals surface area contributed by atoms with Crippen LogP contribution in [0.25, 0.3) is 16.9 Å². The average molecular weight is 438 g/mol. The second-order valence-electron chi connectivity index (χ2n) is 7.85. The minimum absolute atomic E-state index is 0.372. The van der Waals surface area contributed by atoms with Crippen molar-refractivity contribution in [2.75, 3.05) is 13.1 Å². The van der Waals surface area contributed by atoms with Gasteiger partial charge in [-0.15, -0.1) is 0 Å². The van der Waals surface area contributed by atoms with Gasteiger partial charge in [0, 0.05) is 37.7 Å². The molecule has 8 nitrogen and oxygen atoms in total. The molecule has 1 amide bonds. The molecule has 0 unspecified atom stereocenters. The first-order valence-electron chi connectivity index (χ1n) is 10.7. The molecule has 0 spiro atoms. The van der Waals surface area contributed by atoms with Gasteiger partial charge in [-0.2, -0.15) is 5.26 Å². The molecule has 0 fully saturated rings. The van der Waals surface area contributed by atoms with E-state index in [0.717, 1.165) is 35.7 Å². The second-order valence-corrected chi connectivity index (χ2v) is 7.85. The Hall–Kier alpha value is -4.35. The number of H-pyrrole nitrogens is 1. The average Bonchev–Trinajstić information content (AvgIpc) is 3.36. The molecule has 0 bridgehead atoms. The van der Waals surface area contributed by atoms with Gasteiger partial charge in [-0.3, -0.25) is 14.8 Å². The second kappa shape index (κ2) is 8.65. The van der Waals surface area contributed by atoms with Crippen molar-refractivity contribution in [3.8, 4) is 28.8 Å². The molecular formula is C25H22N6O2. The van der Waals surface area contributed by atoms with Crippen molar-refractivity contribution in [1.29, 1.82) is 5.26 Å². The van der Waals surface area contributed by atoms with E-state index >= 15 is 0 Å². The van der Waals surface area contributed by atoms with E-state index in [1.165, 1.54) is 6.08 Å². The molecule has 3 N–H and O–H groups in total. The quantitative estimate of drug-likeness (QED) is 0.446. The van der Waals surface area contributed by atoms with Crippen LogP contribution in [0.2, 0.25) is 0 Å². The number of aromatic nitrogens is 3. The van der Waals surface area contributed by atoms with Crippen molar-refractivity contribution in [2.24, 2.45) is 5.73 Å². The Morgan fingerprint density at radius 2 is 1.94 bits per heavy atom. The van der Waals surface area contributed by atoms with Crippen molar-refractivity contribution in [1.82, 2.24) is 19.5 Å². The Bertz CT molecular complexity index is 1380. The smallest absolute Gasteiger partial charge is 0.254 e. The number of nitriles is 1. The number of imidazole rings is 1. The highest BCUT2D eigenvalue weighted by molar-refractivity contribution is 6.04. The summed E-state index contributed by atoms with van der Waals surface area (Å²) in [6, 6.07) is 19.1. The van der Waals surface area contributed by atoms with Crippen LogP contribution in [0, 0.1) is 11.3 Å². The molecule has 5 rings (SSSR count). The van der Waals surface area contributed by atoms with Crippen LogP contribution in [0.1, 0.15) is 21.7 Å². The van der Waals surface area contributed by atoms with Crippen LogP contribution >= 0.6 is 0 Å². The molecule has 2 aromatic carbocycles. The van der Waals surface area contributed by atoms with Gasteiger partial charge in [-0.25, -0.2) is 9.50 Å². The van der Waals surface area contributed by atoms with Crippen molar-refractivity contribution in [2.45, 2.75) is 13.0 Å². The maximum atomic E-state index is 12.4. The number of nitrogens with one attached hydrogen (secondary N) is 1. The van der Waals surface area contributed by atoms with Crippen LogP contribution in [0.4, 0.5) is 0 Å². The summed E-state index contributed by atoms with van der Waals surface area (Å²) in [6.45, 7) is 2.18. The molecule has 2 aromatic heterocycles. The zero-order chi connectivity index (χ0) is 22.8. The lowest BCUT2D eigenvalue weighted by Crippen LogP contribution is -2.31. The van der Waals surface area contributed by atoms with E-state index in [1.807, 2.05) is 71.3 Å². The van der Waals surface area contributed by atoms with E-state index in [-0.39, 0.29) is 0 Å². The summed E-state index contributed by atoms with van der Waals surface area (Å²) in [6.07, 6.45) is 4.10. The Kier molecular flexibility index (Phi) is 5.39. The Morgan fingerprint density at radius 1 is 1.18 bits per heavy atom. The molecule has 0 atom stereocenters. The third-order valence-corrected chi connectivity index (χ3v) is 5.72. The van der Waals surface area contributed by atoms with Crippen molar-refractivity contribution < 1.29 is 9.53 Å². The molecule has 0 saturated carbocycles. The summed E-state index contributed by atoms with van der Waals surface area (Å²) in [5.41, 5.74) is 10.1. The van der Waals surface area contributed by atoms with Gasteiger partial charge in [0.25, 0.3) is 5.91 Å². The van der Waals surface area contributed by atoms with Gasteiger partial charge in [0.05, 0.1) is 23.2 Å². The SMILES string of the molecule is N#C/C=C\CN1CCc2nc3c(C(N)=O)c(-c4ccc(Oc5ccccc5)cc4)[nH]n3c2C1. The highest BCUT2D eigenvalue weighted by atomic mass is 16.5. The maximum absolute atomic E-state index is 12.4. The predicted octanol–water partition coefficient (Wildman–Crippen LogP) is 3.66. The maximum Gasteiger partial charge on any atom is 0.254 e. The number of aromatic amines is 1. The molecular weight excluding hydrogens is 416 g/mol. The zero-order valence-corrected chi connectivity index (χ0v) is 17.9. The largest absolute Gasteiger partial charge is 0.457 e. The number of fused-ring (bicyclic) bond motifs is 3. The number of ether oxygens (including phenoxy) is 1. The van der Waals surface area contributed by atoms with Gasteiger partial charge in [0.1, 0.15) is 17.1 Å². The summed E-state index contributed by atoms with van der Waals surface area (Å²) in [5.74, 6) is 0.916. The Labute approximate surface area is 190 Å². The van der Waals surface area contributed by atoms with E-state index in [2.05, 4.69) is 10.00 Å². The van der Waals surface area contributed by atoms with Crippen molar-refractivity contribution in [3.05, 3.63) is 83.7 Å². The number of carbonyl (C=O) groups excluding carboxylic acids is 1. The molecule has 1 aliphatic heterocycles. The van der Waals surface area contributed by atoms with E-state index in [0.29, 0.717) is 35.7 Å². The number of para-hydroxylation sites is 1. The van der Waals surface area contributed by atoms with Gasteiger partial charge in [0.15, 0.2) is 5.65 Å². The fourth-order valence-corrected chi connectivity index (χ4v) is 4.15. The fraction of sp³-hybridized carbons (Fsp3) is 0.160. The Balaban J connectivity index is 1.48.